The van der Waals surface area contributed by atoms with Crippen molar-refractivity contribution in [3.63, 3.8) is 0 Å². The number of amides is 2. The van der Waals surface area contributed by atoms with E-state index < -0.39 is 6.09 Å². The van der Waals surface area contributed by atoms with Crippen molar-refractivity contribution in [3.8, 4) is 0 Å². The van der Waals surface area contributed by atoms with Crippen LogP contribution in [0.5, 0.6) is 0 Å². The normalized spacial score (nSPS) is 16.6. The number of alkyl carbamates (subject to hydrolysis) is 1. The van der Waals surface area contributed by atoms with Crippen LogP contribution in [0.3, 0.4) is 0 Å². The number of aryl methyl sites for hydroxylation is 1. The fraction of sp³-hybridized carbons (Fsp3) is 0.316. The van der Waals surface area contributed by atoms with Gasteiger partial charge in [-0.15, -0.1) is 0 Å². The Morgan fingerprint density at radius 3 is 2.89 bits per heavy atom. The quantitative estimate of drug-likeness (QED) is 0.763. The molecule has 1 aliphatic heterocycles. The number of benzene rings is 1. The van der Waals surface area contributed by atoms with Crippen molar-refractivity contribution < 1.29 is 14.3 Å². The predicted octanol–water partition coefficient (Wildman–Crippen LogP) is 1.81. The highest BCUT2D eigenvalue weighted by Crippen LogP contribution is 2.18. The molecular weight excluding hydrogens is 346 g/mol. The zero-order valence-electron chi connectivity index (χ0n) is 15.0. The number of imidazole rings is 1. The molecule has 140 valence electrons. The summed E-state index contributed by atoms with van der Waals surface area (Å²) in [5.41, 5.74) is 2.26. The SMILES string of the molecule is Cn1ccn2ncc(C(=O)N3CC[C@@H](NC(=O)OCc4ccccc4)C3)c12. The van der Waals surface area contributed by atoms with E-state index in [2.05, 4.69) is 10.4 Å². The second-order valence-electron chi connectivity index (χ2n) is 6.68. The Morgan fingerprint density at radius 1 is 1.26 bits per heavy atom. The summed E-state index contributed by atoms with van der Waals surface area (Å²) >= 11 is 0. The molecular formula is C19H21N5O3. The number of hydrogen-bond acceptors (Lipinski definition) is 4. The van der Waals surface area contributed by atoms with Gasteiger partial charge in [0.15, 0.2) is 0 Å². The molecule has 0 unspecified atom stereocenters. The minimum atomic E-state index is -0.464. The third kappa shape index (κ3) is 3.51. The Morgan fingerprint density at radius 2 is 2.07 bits per heavy atom. The third-order valence-corrected chi connectivity index (χ3v) is 4.78. The van der Waals surface area contributed by atoms with Crippen molar-refractivity contribution in [2.45, 2.75) is 19.1 Å². The summed E-state index contributed by atoms with van der Waals surface area (Å²) < 4.78 is 8.80. The Kier molecular flexibility index (Phi) is 4.53. The van der Waals surface area contributed by atoms with E-state index >= 15 is 0 Å². The van der Waals surface area contributed by atoms with Crippen LogP contribution in [0.15, 0.2) is 48.9 Å². The number of carbonyl (C=O) groups is 2. The maximum absolute atomic E-state index is 12.8. The van der Waals surface area contributed by atoms with Crippen LogP contribution in [-0.2, 0) is 18.4 Å². The van der Waals surface area contributed by atoms with Gasteiger partial charge in [0, 0.05) is 32.5 Å². The van der Waals surface area contributed by atoms with E-state index in [1.165, 1.54) is 0 Å². The molecule has 1 fully saturated rings. The Bertz CT molecular complexity index is 962. The first kappa shape index (κ1) is 17.1. The number of hydrogen-bond donors (Lipinski definition) is 1. The van der Waals surface area contributed by atoms with Crippen molar-refractivity contribution in [1.82, 2.24) is 24.4 Å². The molecule has 2 amide bonds. The molecule has 1 N–H and O–H groups in total. The number of ether oxygens (including phenoxy) is 1. The number of nitrogens with one attached hydrogen (secondary N) is 1. The van der Waals surface area contributed by atoms with Gasteiger partial charge in [0.05, 0.1) is 12.2 Å². The Hall–Kier alpha value is -3.29. The van der Waals surface area contributed by atoms with Crippen molar-refractivity contribution >= 4 is 17.6 Å². The van der Waals surface area contributed by atoms with Crippen molar-refractivity contribution in [2.75, 3.05) is 13.1 Å². The minimum Gasteiger partial charge on any atom is -0.445 e. The molecule has 27 heavy (non-hydrogen) atoms. The fourth-order valence-corrected chi connectivity index (χ4v) is 3.37. The molecule has 2 aromatic heterocycles. The van der Waals surface area contributed by atoms with Crippen LogP contribution in [0, 0.1) is 0 Å². The highest BCUT2D eigenvalue weighted by Gasteiger charge is 2.30. The lowest BCUT2D eigenvalue weighted by atomic mass is 10.2. The molecule has 3 heterocycles. The van der Waals surface area contributed by atoms with Crippen LogP contribution >= 0.6 is 0 Å². The smallest absolute Gasteiger partial charge is 0.407 e. The topological polar surface area (TPSA) is 80.9 Å². The summed E-state index contributed by atoms with van der Waals surface area (Å²) in [6.45, 7) is 1.27. The summed E-state index contributed by atoms with van der Waals surface area (Å²) in [7, 11) is 1.88. The Labute approximate surface area is 156 Å². The maximum Gasteiger partial charge on any atom is 0.407 e. The van der Waals surface area contributed by atoms with Gasteiger partial charge in [0.1, 0.15) is 17.8 Å². The van der Waals surface area contributed by atoms with Gasteiger partial charge in [0.2, 0.25) is 0 Å². The van der Waals surface area contributed by atoms with E-state index in [4.69, 9.17) is 4.74 Å². The van der Waals surface area contributed by atoms with Crippen molar-refractivity contribution in [2.24, 2.45) is 7.05 Å². The molecule has 0 radical (unpaired) electrons. The molecule has 0 bridgehead atoms. The van der Waals surface area contributed by atoms with Gasteiger partial charge in [-0.3, -0.25) is 4.79 Å². The van der Waals surface area contributed by atoms with Crippen molar-refractivity contribution in [3.05, 3.63) is 60.0 Å². The predicted molar refractivity (Wildman–Crippen MR) is 98.2 cm³/mol. The number of aromatic nitrogens is 3. The average Bonchev–Trinajstić information content (AvgIpc) is 3.39. The van der Waals surface area contributed by atoms with E-state index in [0.717, 1.165) is 11.2 Å². The molecule has 1 aromatic carbocycles. The van der Waals surface area contributed by atoms with Crippen LogP contribution in [0.1, 0.15) is 22.3 Å². The number of carbonyl (C=O) groups excluding carboxylic acids is 2. The Balaban J connectivity index is 1.32. The number of rotatable bonds is 4. The number of likely N-dealkylation sites (tertiary alicyclic amines) is 1. The highest BCUT2D eigenvalue weighted by molar-refractivity contribution is 6.00. The van der Waals surface area contributed by atoms with Gasteiger partial charge in [-0.25, -0.2) is 9.31 Å². The number of nitrogens with zero attached hydrogens (tertiary/aromatic N) is 4. The van der Waals surface area contributed by atoms with Gasteiger partial charge in [0.25, 0.3) is 5.91 Å². The average molecular weight is 367 g/mol. The van der Waals surface area contributed by atoms with E-state index in [1.807, 2.05) is 54.3 Å². The van der Waals surface area contributed by atoms with E-state index in [9.17, 15) is 9.59 Å². The maximum atomic E-state index is 12.8. The third-order valence-electron chi connectivity index (χ3n) is 4.78. The lowest BCUT2D eigenvalue weighted by molar-refractivity contribution is 0.0788. The summed E-state index contributed by atoms with van der Waals surface area (Å²) in [5.74, 6) is -0.0752. The first-order valence-corrected chi connectivity index (χ1v) is 8.87. The molecule has 0 spiro atoms. The van der Waals surface area contributed by atoms with E-state index in [0.29, 0.717) is 25.1 Å². The van der Waals surface area contributed by atoms with Crippen LogP contribution in [0.2, 0.25) is 0 Å². The fourth-order valence-electron chi connectivity index (χ4n) is 3.37. The van der Waals surface area contributed by atoms with Crippen LogP contribution < -0.4 is 5.32 Å². The minimum absolute atomic E-state index is 0.0752. The van der Waals surface area contributed by atoms with Crippen LogP contribution in [0.4, 0.5) is 4.79 Å². The van der Waals surface area contributed by atoms with Gasteiger partial charge in [-0.2, -0.15) is 5.10 Å². The van der Waals surface area contributed by atoms with Gasteiger partial charge < -0.3 is 19.5 Å². The largest absolute Gasteiger partial charge is 0.445 e. The summed E-state index contributed by atoms with van der Waals surface area (Å²) in [6.07, 6.45) is 5.49. The second kappa shape index (κ2) is 7.14. The standard InChI is InChI=1S/C19H21N5O3/c1-22-9-10-24-17(22)16(11-20-24)18(25)23-8-7-15(12-23)21-19(26)27-13-14-5-3-2-4-6-14/h2-6,9-11,15H,7-8,12-13H2,1H3,(H,21,26)/t15-/m1/s1. The molecule has 8 nitrogen and oxygen atoms in total. The molecule has 0 saturated carbocycles. The molecule has 1 aliphatic rings. The first-order chi connectivity index (χ1) is 13.1. The summed E-state index contributed by atoms with van der Waals surface area (Å²) in [6, 6.07) is 9.41. The summed E-state index contributed by atoms with van der Waals surface area (Å²) in [5, 5.41) is 7.05. The van der Waals surface area contributed by atoms with Crippen molar-refractivity contribution in [1.29, 1.82) is 0 Å². The van der Waals surface area contributed by atoms with E-state index in [1.54, 1.807) is 15.6 Å². The molecule has 8 heteroatoms. The molecule has 4 rings (SSSR count). The van der Waals surface area contributed by atoms with Gasteiger partial charge in [-0.05, 0) is 12.0 Å². The van der Waals surface area contributed by atoms with Crippen LogP contribution in [-0.4, -0.2) is 50.2 Å². The molecule has 1 atom stereocenters. The molecule has 1 saturated heterocycles. The monoisotopic (exact) mass is 367 g/mol. The summed E-state index contributed by atoms with van der Waals surface area (Å²) in [4.78, 5) is 26.6. The van der Waals surface area contributed by atoms with Crippen LogP contribution in [0.25, 0.3) is 5.65 Å². The molecule has 0 aliphatic carbocycles. The number of fused-ring (bicyclic) bond motifs is 1. The van der Waals surface area contributed by atoms with E-state index in [-0.39, 0.29) is 18.6 Å². The lowest BCUT2D eigenvalue weighted by Crippen LogP contribution is -2.38. The highest BCUT2D eigenvalue weighted by atomic mass is 16.5. The zero-order valence-corrected chi connectivity index (χ0v) is 15.0. The lowest BCUT2D eigenvalue weighted by Gasteiger charge is -2.16. The molecule has 3 aromatic rings. The van der Waals surface area contributed by atoms with Gasteiger partial charge >= 0.3 is 6.09 Å². The zero-order chi connectivity index (χ0) is 18.8. The van der Waals surface area contributed by atoms with Gasteiger partial charge in [-0.1, -0.05) is 30.3 Å². The first-order valence-electron chi connectivity index (χ1n) is 8.87. The second-order valence-corrected chi connectivity index (χ2v) is 6.68.